The van der Waals surface area contributed by atoms with Gasteiger partial charge >= 0.3 is 0 Å². The van der Waals surface area contributed by atoms with Gasteiger partial charge in [-0.1, -0.05) is 66.7 Å². The summed E-state index contributed by atoms with van der Waals surface area (Å²) in [6.45, 7) is 7.11. The number of guanidine groups is 1. The Morgan fingerprint density at radius 3 is 2.36 bits per heavy atom. The minimum Gasteiger partial charge on any atom is -0.454 e. The number of benzene rings is 4. The van der Waals surface area contributed by atoms with E-state index in [1.54, 1.807) is 0 Å². The van der Waals surface area contributed by atoms with Gasteiger partial charge in [0.25, 0.3) is 5.91 Å². The molecule has 2 N–H and O–H groups in total. The SMILES string of the molecule is O=C(NCCCN1CCCC1=O)c1ccc(CN=C(Nc2ccccc2-c2ccccc2)N2CCN(Cc3ccc4c(c3)OCO4)CC2)cc1. The monoisotopic (exact) mass is 672 g/mol. The number of likely N-dealkylation sites (tertiary alicyclic amines) is 1. The molecule has 2 amide bonds. The molecule has 258 valence electrons. The molecule has 4 aromatic carbocycles. The summed E-state index contributed by atoms with van der Waals surface area (Å²) in [5, 5.41) is 6.69. The van der Waals surface area contributed by atoms with Crippen LogP contribution >= 0.6 is 0 Å². The highest BCUT2D eigenvalue weighted by Gasteiger charge is 2.23. The average molecular weight is 673 g/mol. The molecule has 0 aromatic heterocycles. The Labute approximate surface area is 293 Å². The van der Waals surface area contributed by atoms with Crippen LogP contribution in [0.5, 0.6) is 11.5 Å². The van der Waals surface area contributed by atoms with Gasteiger partial charge < -0.3 is 29.9 Å². The summed E-state index contributed by atoms with van der Waals surface area (Å²) in [5.41, 5.74) is 6.10. The second kappa shape index (κ2) is 15.9. The molecule has 0 saturated carbocycles. The van der Waals surface area contributed by atoms with Gasteiger partial charge in [0, 0.05) is 75.6 Å². The van der Waals surface area contributed by atoms with E-state index in [1.807, 2.05) is 47.4 Å². The molecule has 10 heteroatoms. The van der Waals surface area contributed by atoms with Crippen molar-refractivity contribution in [2.24, 2.45) is 4.99 Å². The van der Waals surface area contributed by atoms with Crippen molar-refractivity contribution in [3.8, 4) is 22.6 Å². The second-order valence-electron chi connectivity index (χ2n) is 12.9. The smallest absolute Gasteiger partial charge is 0.251 e. The van der Waals surface area contributed by atoms with Crippen LogP contribution in [0, 0.1) is 0 Å². The Bertz CT molecular complexity index is 1800. The van der Waals surface area contributed by atoms with Crippen molar-refractivity contribution >= 4 is 23.5 Å². The van der Waals surface area contributed by atoms with Crippen molar-refractivity contribution in [1.29, 1.82) is 0 Å². The van der Waals surface area contributed by atoms with E-state index in [9.17, 15) is 9.59 Å². The first-order valence-electron chi connectivity index (χ1n) is 17.6. The molecule has 0 spiro atoms. The Morgan fingerprint density at radius 1 is 0.800 bits per heavy atom. The van der Waals surface area contributed by atoms with Crippen LogP contribution in [-0.2, 0) is 17.9 Å². The van der Waals surface area contributed by atoms with Crippen molar-refractivity contribution < 1.29 is 19.1 Å². The van der Waals surface area contributed by atoms with E-state index >= 15 is 0 Å². The van der Waals surface area contributed by atoms with Crippen LogP contribution in [0.15, 0.2) is 102 Å². The van der Waals surface area contributed by atoms with Crippen molar-refractivity contribution in [1.82, 2.24) is 20.0 Å². The van der Waals surface area contributed by atoms with E-state index in [2.05, 4.69) is 75.0 Å². The lowest BCUT2D eigenvalue weighted by atomic mass is 10.0. The molecule has 7 rings (SSSR count). The van der Waals surface area contributed by atoms with Gasteiger partial charge in [-0.25, -0.2) is 4.99 Å². The van der Waals surface area contributed by atoms with E-state index in [-0.39, 0.29) is 18.6 Å². The van der Waals surface area contributed by atoms with E-state index < -0.39 is 0 Å². The third-order valence-electron chi connectivity index (χ3n) is 9.46. The first-order valence-corrected chi connectivity index (χ1v) is 17.6. The maximum atomic E-state index is 12.8. The van der Waals surface area contributed by atoms with E-state index in [0.29, 0.717) is 31.6 Å². The second-order valence-corrected chi connectivity index (χ2v) is 12.9. The topological polar surface area (TPSA) is 98.7 Å². The van der Waals surface area contributed by atoms with E-state index in [1.165, 1.54) is 5.56 Å². The van der Waals surface area contributed by atoms with Crippen LogP contribution in [0.1, 0.15) is 40.7 Å². The molecule has 0 aliphatic carbocycles. The number of anilines is 1. The molecule has 0 radical (unpaired) electrons. The number of nitrogens with zero attached hydrogens (tertiary/aromatic N) is 4. The van der Waals surface area contributed by atoms with Crippen molar-refractivity contribution in [2.45, 2.75) is 32.4 Å². The zero-order valence-corrected chi connectivity index (χ0v) is 28.4. The number of amides is 2. The molecule has 4 aromatic rings. The average Bonchev–Trinajstić information content (AvgIpc) is 3.81. The third-order valence-corrected chi connectivity index (χ3v) is 9.46. The largest absolute Gasteiger partial charge is 0.454 e. The first-order chi connectivity index (χ1) is 24.6. The number of rotatable bonds is 11. The predicted octanol–water partition coefficient (Wildman–Crippen LogP) is 5.61. The molecule has 0 bridgehead atoms. The maximum Gasteiger partial charge on any atom is 0.251 e. The number of piperazine rings is 1. The lowest BCUT2D eigenvalue weighted by molar-refractivity contribution is -0.127. The Kier molecular flexibility index (Phi) is 10.6. The molecule has 3 aliphatic heterocycles. The van der Waals surface area contributed by atoms with Crippen LogP contribution in [0.2, 0.25) is 0 Å². The van der Waals surface area contributed by atoms with Gasteiger partial charge in [-0.05, 0) is 59.9 Å². The Balaban J connectivity index is 1.01. The summed E-state index contributed by atoms with van der Waals surface area (Å²) < 4.78 is 11.1. The molecule has 3 heterocycles. The first kappa shape index (κ1) is 33.2. The number of carbonyl (C=O) groups excluding carboxylic acids is 2. The van der Waals surface area contributed by atoms with E-state index in [0.717, 1.165) is 91.9 Å². The summed E-state index contributed by atoms with van der Waals surface area (Å²) >= 11 is 0. The molecule has 2 fully saturated rings. The van der Waals surface area contributed by atoms with Crippen LogP contribution in [0.25, 0.3) is 11.1 Å². The van der Waals surface area contributed by atoms with Gasteiger partial charge in [-0.2, -0.15) is 0 Å². The Morgan fingerprint density at radius 2 is 1.56 bits per heavy atom. The number of hydrogen-bond donors (Lipinski definition) is 2. The van der Waals surface area contributed by atoms with Crippen LogP contribution in [0.4, 0.5) is 5.69 Å². The summed E-state index contributed by atoms with van der Waals surface area (Å²) in [6.07, 6.45) is 2.32. The van der Waals surface area contributed by atoms with Gasteiger partial charge in [0.05, 0.1) is 6.54 Å². The van der Waals surface area contributed by atoms with Crippen LogP contribution in [-0.4, -0.2) is 85.1 Å². The van der Waals surface area contributed by atoms with Crippen LogP contribution in [0.3, 0.4) is 0 Å². The number of carbonyl (C=O) groups is 2. The highest BCUT2D eigenvalue weighted by molar-refractivity contribution is 5.98. The summed E-state index contributed by atoms with van der Waals surface area (Å²) in [7, 11) is 0. The molecule has 10 nitrogen and oxygen atoms in total. The molecule has 50 heavy (non-hydrogen) atoms. The molecule has 0 atom stereocenters. The van der Waals surface area contributed by atoms with Crippen LogP contribution < -0.4 is 20.1 Å². The highest BCUT2D eigenvalue weighted by Crippen LogP contribution is 2.33. The minimum absolute atomic E-state index is 0.105. The lowest BCUT2D eigenvalue weighted by Gasteiger charge is -2.37. The van der Waals surface area contributed by atoms with Gasteiger partial charge in [0.1, 0.15) is 0 Å². The van der Waals surface area contributed by atoms with Crippen molar-refractivity contribution in [3.05, 3.63) is 114 Å². The Hall–Kier alpha value is -5.35. The normalized spacial score (nSPS) is 16.2. The summed E-state index contributed by atoms with van der Waals surface area (Å²) in [5.74, 6) is 2.56. The minimum atomic E-state index is -0.105. The number of fused-ring (bicyclic) bond motifs is 1. The lowest BCUT2D eigenvalue weighted by Crippen LogP contribution is -2.50. The van der Waals surface area contributed by atoms with Gasteiger partial charge in [0.2, 0.25) is 12.7 Å². The number of hydrogen-bond acceptors (Lipinski definition) is 6. The molecule has 2 saturated heterocycles. The standard InChI is InChI=1S/C40H44N6O4/c47-38-12-6-20-45(38)21-7-19-41-39(48)33-16-13-30(14-17-33)27-42-40(43-35-11-5-4-10-34(35)32-8-2-1-3-9-32)46-24-22-44(23-25-46)28-31-15-18-36-37(26-31)50-29-49-36/h1-5,8-11,13-18,26H,6-7,12,19-25,27-29H2,(H,41,48)(H,42,43). The third kappa shape index (κ3) is 8.26. The quantitative estimate of drug-likeness (QED) is 0.121. The molecule has 3 aliphatic rings. The summed E-state index contributed by atoms with van der Waals surface area (Å²) in [6, 6.07) is 32.6. The fraction of sp³-hybridized carbons (Fsp3) is 0.325. The van der Waals surface area contributed by atoms with Gasteiger partial charge in [-0.15, -0.1) is 0 Å². The highest BCUT2D eigenvalue weighted by atomic mass is 16.7. The summed E-state index contributed by atoms with van der Waals surface area (Å²) in [4.78, 5) is 36.4. The molecular weight excluding hydrogens is 628 g/mol. The van der Waals surface area contributed by atoms with Gasteiger partial charge in [0.15, 0.2) is 17.5 Å². The fourth-order valence-corrected chi connectivity index (χ4v) is 6.66. The molecular formula is C40H44N6O4. The number of ether oxygens (including phenoxy) is 2. The fourth-order valence-electron chi connectivity index (χ4n) is 6.66. The molecule has 0 unspecified atom stereocenters. The zero-order chi connectivity index (χ0) is 34.1. The maximum absolute atomic E-state index is 12.8. The van der Waals surface area contributed by atoms with Crippen molar-refractivity contribution in [3.63, 3.8) is 0 Å². The van der Waals surface area contributed by atoms with Gasteiger partial charge in [-0.3, -0.25) is 14.5 Å². The van der Waals surface area contributed by atoms with E-state index in [4.69, 9.17) is 14.5 Å². The van der Waals surface area contributed by atoms with Crippen molar-refractivity contribution in [2.75, 3.05) is 57.9 Å². The number of para-hydroxylation sites is 1. The predicted molar refractivity (Wildman–Crippen MR) is 195 cm³/mol. The number of nitrogens with one attached hydrogen (secondary N) is 2. The number of aliphatic imine (C=N–C) groups is 1. The zero-order valence-electron chi connectivity index (χ0n) is 28.4.